The molecule has 0 aromatic heterocycles. The van der Waals surface area contributed by atoms with Crippen molar-refractivity contribution in [1.82, 2.24) is 0 Å². The van der Waals surface area contributed by atoms with Crippen LogP contribution in [-0.2, 0) is 9.53 Å². The van der Waals surface area contributed by atoms with Gasteiger partial charge in [0.1, 0.15) is 11.6 Å². The number of hydrogen-bond acceptors (Lipinski definition) is 4. The van der Waals surface area contributed by atoms with Crippen LogP contribution in [0, 0.1) is 11.6 Å². The van der Waals surface area contributed by atoms with Gasteiger partial charge < -0.3 is 15.8 Å². The molecule has 5 nitrogen and oxygen atoms in total. The number of ether oxygens (including phenoxy) is 1. The van der Waals surface area contributed by atoms with E-state index >= 15 is 0 Å². The Balaban J connectivity index is 1.96. The number of anilines is 2. The molecule has 2 rings (SSSR count). The van der Waals surface area contributed by atoms with E-state index in [4.69, 9.17) is 22.1 Å². The minimum Gasteiger partial charge on any atom is -0.452 e. The van der Waals surface area contributed by atoms with Gasteiger partial charge in [-0.2, -0.15) is 0 Å². The highest BCUT2D eigenvalue weighted by atomic mass is 35.5. The molecule has 3 N–H and O–H groups in total. The monoisotopic (exact) mass is 340 g/mol. The molecule has 1 amide bonds. The first-order chi connectivity index (χ1) is 10.9. The van der Waals surface area contributed by atoms with Gasteiger partial charge in [0.25, 0.3) is 5.91 Å². The van der Waals surface area contributed by atoms with Gasteiger partial charge in [-0.1, -0.05) is 11.6 Å². The molecule has 0 aliphatic rings. The summed E-state index contributed by atoms with van der Waals surface area (Å²) in [7, 11) is 0. The Morgan fingerprint density at radius 2 is 1.91 bits per heavy atom. The summed E-state index contributed by atoms with van der Waals surface area (Å²) >= 11 is 5.70. The van der Waals surface area contributed by atoms with Gasteiger partial charge in [-0.25, -0.2) is 13.6 Å². The number of amides is 1. The molecule has 0 heterocycles. The van der Waals surface area contributed by atoms with Gasteiger partial charge in [0.15, 0.2) is 6.61 Å². The largest absolute Gasteiger partial charge is 0.452 e. The third kappa shape index (κ3) is 4.40. The zero-order valence-corrected chi connectivity index (χ0v) is 12.4. The van der Waals surface area contributed by atoms with Crippen molar-refractivity contribution in [2.24, 2.45) is 0 Å². The van der Waals surface area contributed by atoms with Crippen molar-refractivity contribution in [3.8, 4) is 0 Å². The summed E-state index contributed by atoms with van der Waals surface area (Å²) in [6, 6.07) is 6.74. The summed E-state index contributed by atoms with van der Waals surface area (Å²) in [5.41, 5.74) is 5.40. The summed E-state index contributed by atoms with van der Waals surface area (Å²) in [6.45, 7) is -0.684. The molecule has 0 bridgehead atoms. The topological polar surface area (TPSA) is 81.4 Å². The molecule has 0 aliphatic heterocycles. The van der Waals surface area contributed by atoms with Gasteiger partial charge in [0.2, 0.25) is 0 Å². The lowest BCUT2D eigenvalue weighted by Crippen LogP contribution is -2.22. The third-order valence-electron chi connectivity index (χ3n) is 2.77. The highest BCUT2D eigenvalue weighted by Crippen LogP contribution is 2.19. The fourth-order valence-corrected chi connectivity index (χ4v) is 1.89. The zero-order valence-electron chi connectivity index (χ0n) is 11.6. The smallest absolute Gasteiger partial charge is 0.340 e. The van der Waals surface area contributed by atoms with Crippen molar-refractivity contribution in [3.05, 3.63) is 58.6 Å². The van der Waals surface area contributed by atoms with Gasteiger partial charge in [0, 0.05) is 16.8 Å². The lowest BCUT2D eigenvalue weighted by Gasteiger charge is -2.09. The summed E-state index contributed by atoms with van der Waals surface area (Å²) in [6.07, 6.45) is 0. The van der Waals surface area contributed by atoms with E-state index in [-0.39, 0.29) is 16.9 Å². The van der Waals surface area contributed by atoms with Crippen molar-refractivity contribution in [3.63, 3.8) is 0 Å². The van der Waals surface area contributed by atoms with E-state index in [1.54, 1.807) is 0 Å². The Kier molecular flexibility index (Phi) is 5.13. The van der Waals surface area contributed by atoms with E-state index in [0.717, 1.165) is 18.2 Å². The number of carbonyl (C=O) groups excluding carboxylic acids is 2. The van der Waals surface area contributed by atoms with Crippen molar-refractivity contribution >= 4 is 34.9 Å². The first-order valence-corrected chi connectivity index (χ1v) is 6.71. The number of halogens is 3. The molecule has 0 saturated heterocycles. The second-order valence-corrected chi connectivity index (χ2v) is 4.92. The van der Waals surface area contributed by atoms with Crippen molar-refractivity contribution < 1.29 is 23.1 Å². The lowest BCUT2D eigenvalue weighted by atomic mass is 10.2. The predicted octanol–water partition coefficient (Wildman–Crippen LogP) is 3.00. The van der Waals surface area contributed by atoms with Crippen LogP contribution < -0.4 is 11.1 Å². The second-order valence-electron chi connectivity index (χ2n) is 4.48. The molecule has 2 aromatic rings. The highest BCUT2D eigenvalue weighted by Gasteiger charge is 2.14. The van der Waals surface area contributed by atoms with Crippen LogP contribution in [0.1, 0.15) is 10.4 Å². The Bertz CT molecular complexity index is 768. The van der Waals surface area contributed by atoms with Crippen LogP contribution in [0.15, 0.2) is 36.4 Å². The number of carbonyl (C=O) groups is 2. The predicted molar refractivity (Wildman–Crippen MR) is 81.1 cm³/mol. The number of nitrogens with one attached hydrogen (secondary N) is 1. The average Bonchev–Trinajstić information content (AvgIpc) is 2.48. The van der Waals surface area contributed by atoms with E-state index in [1.807, 2.05) is 0 Å². The van der Waals surface area contributed by atoms with E-state index in [1.165, 1.54) is 18.2 Å². The summed E-state index contributed by atoms with van der Waals surface area (Å²) in [4.78, 5) is 23.4. The molecular weight excluding hydrogens is 330 g/mol. The molecule has 120 valence electrons. The summed E-state index contributed by atoms with van der Waals surface area (Å²) < 4.78 is 31.1. The molecular formula is C15H11ClF2N2O3. The van der Waals surface area contributed by atoms with E-state index in [0.29, 0.717) is 5.02 Å². The SMILES string of the molecule is Nc1cc(Cl)ccc1C(=O)OCC(=O)Nc1cc(F)ccc1F. The first kappa shape index (κ1) is 16.7. The lowest BCUT2D eigenvalue weighted by molar-refractivity contribution is -0.119. The molecule has 8 heteroatoms. The van der Waals surface area contributed by atoms with Crippen LogP contribution >= 0.6 is 11.6 Å². The van der Waals surface area contributed by atoms with Crippen molar-refractivity contribution in [1.29, 1.82) is 0 Å². The fraction of sp³-hybridized carbons (Fsp3) is 0.0667. The van der Waals surface area contributed by atoms with Gasteiger partial charge >= 0.3 is 5.97 Å². The number of hydrogen-bond donors (Lipinski definition) is 2. The maximum absolute atomic E-state index is 13.4. The van der Waals surface area contributed by atoms with E-state index in [9.17, 15) is 18.4 Å². The molecule has 0 radical (unpaired) electrons. The Labute approximate surface area is 135 Å². The van der Waals surface area contributed by atoms with Crippen LogP contribution in [0.5, 0.6) is 0 Å². The van der Waals surface area contributed by atoms with E-state index in [2.05, 4.69) is 5.32 Å². The number of esters is 1. The molecule has 2 aromatic carbocycles. The standard InChI is InChI=1S/C15H11ClF2N2O3/c16-8-1-3-10(12(19)5-8)15(22)23-7-14(21)20-13-6-9(17)2-4-11(13)18/h1-6H,7,19H2,(H,20,21). The fourth-order valence-electron chi connectivity index (χ4n) is 1.71. The third-order valence-corrected chi connectivity index (χ3v) is 3.01. The molecule has 23 heavy (non-hydrogen) atoms. The summed E-state index contributed by atoms with van der Waals surface area (Å²) in [5, 5.41) is 2.44. The van der Waals surface area contributed by atoms with Crippen LogP contribution in [-0.4, -0.2) is 18.5 Å². The van der Waals surface area contributed by atoms with Crippen LogP contribution in [0.4, 0.5) is 20.2 Å². The Morgan fingerprint density at radius 1 is 1.17 bits per heavy atom. The molecule has 0 aliphatic carbocycles. The van der Waals surface area contributed by atoms with E-state index < -0.39 is 30.1 Å². The van der Waals surface area contributed by atoms with Crippen LogP contribution in [0.3, 0.4) is 0 Å². The minimum atomic E-state index is -0.839. The molecule has 0 atom stereocenters. The number of rotatable bonds is 4. The molecule has 0 spiro atoms. The van der Waals surface area contributed by atoms with Crippen molar-refractivity contribution in [2.45, 2.75) is 0 Å². The number of benzene rings is 2. The maximum atomic E-state index is 13.4. The minimum absolute atomic E-state index is 0.0409. The van der Waals surface area contributed by atoms with Gasteiger partial charge in [-0.05, 0) is 30.3 Å². The van der Waals surface area contributed by atoms with Crippen LogP contribution in [0.2, 0.25) is 5.02 Å². The zero-order chi connectivity index (χ0) is 17.0. The Morgan fingerprint density at radius 3 is 2.61 bits per heavy atom. The van der Waals surface area contributed by atoms with Gasteiger partial charge in [-0.15, -0.1) is 0 Å². The second kappa shape index (κ2) is 7.06. The Hall–Kier alpha value is -2.67. The number of nitrogens with two attached hydrogens (primary N) is 1. The molecule has 0 unspecified atom stereocenters. The normalized spacial score (nSPS) is 10.2. The van der Waals surface area contributed by atoms with Crippen LogP contribution in [0.25, 0.3) is 0 Å². The summed E-state index contributed by atoms with van der Waals surface area (Å²) in [5.74, 6) is -3.19. The van der Waals surface area contributed by atoms with Crippen molar-refractivity contribution in [2.75, 3.05) is 17.7 Å². The highest BCUT2D eigenvalue weighted by molar-refractivity contribution is 6.31. The van der Waals surface area contributed by atoms with Gasteiger partial charge in [0.05, 0.1) is 11.3 Å². The number of nitrogen functional groups attached to an aromatic ring is 1. The molecule has 0 saturated carbocycles. The average molecular weight is 341 g/mol. The maximum Gasteiger partial charge on any atom is 0.340 e. The molecule has 0 fully saturated rings. The first-order valence-electron chi connectivity index (χ1n) is 6.34. The quantitative estimate of drug-likeness (QED) is 0.662. The van der Waals surface area contributed by atoms with Gasteiger partial charge in [-0.3, -0.25) is 4.79 Å².